The molecule has 128 valence electrons. The number of fused-ring (bicyclic) bond motifs is 1. The largest absolute Gasteiger partial charge is 0.322 e. The summed E-state index contributed by atoms with van der Waals surface area (Å²) in [5.41, 5.74) is 3.57. The zero-order valence-corrected chi connectivity index (χ0v) is 13.8. The lowest BCUT2D eigenvalue weighted by Crippen LogP contribution is -2.12. The molecule has 0 fully saturated rings. The van der Waals surface area contributed by atoms with Crippen molar-refractivity contribution in [1.82, 2.24) is 4.98 Å². The third-order valence-electron chi connectivity index (χ3n) is 4.46. The molecule has 3 aromatic rings. The van der Waals surface area contributed by atoms with Crippen LogP contribution in [0.1, 0.15) is 32.7 Å². The van der Waals surface area contributed by atoms with E-state index in [1.54, 1.807) is 42.5 Å². The molecule has 0 aliphatic heterocycles. The fraction of sp³-hybridized carbons (Fsp3) is 0.0952. The number of halogens is 1. The fourth-order valence-corrected chi connectivity index (χ4v) is 3.09. The van der Waals surface area contributed by atoms with E-state index in [-0.39, 0.29) is 17.5 Å². The van der Waals surface area contributed by atoms with Gasteiger partial charge in [-0.25, -0.2) is 4.39 Å². The first-order chi connectivity index (χ1) is 12.6. The number of aromatic nitrogens is 1. The third kappa shape index (κ3) is 2.99. The van der Waals surface area contributed by atoms with Crippen LogP contribution < -0.4 is 5.32 Å². The number of pyridine rings is 1. The van der Waals surface area contributed by atoms with Crippen molar-refractivity contribution in [2.45, 2.75) is 12.8 Å². The van der Waals surface area contributed by atoms with E-state index in [0.29, 0.717) is 35.3 Å². The molecule has 4 nitrogen and oxygen atoms in total. The summed E-state index contributed by atoms with van der Waals surface area (Å²) >= 11 is 0. The van der Waals surface area contributed by atoms with Crippen LogP contribution in [0.25, 0.3) is 11.3 Å². The highest BCUT2D eigenvalue weighted by molar-refractivity contribution is 6.05. The van der Waals surface area contributed by atoms with Gasteiger partial charge in [0.15, 0.2) is 5.78 Å². The molecule has 1 aliphatic rings. The summed E-state index contributed by atoms with van der Waals surface area (Å²) in [6.45, 7) is 0. The second-order valence-corrected chi connectivity index (χ2v) is 6.16. The Kier molecular flexibility index (Phi) is 4.05. The van der Waals surface area contributed by atoms with Gasteiger partial charge in [0.05, 0.1) is 11.3 Å². The predicted octanol–water partition coefficient (Wildman–Crippen LogP) is 4.27. The Hall–Kier alpha value is -3.34. The maximum Gasteiger partial charge on any atom is 0.257 e. The molecule has 1 aromatic heterocycles. The van der Waals surface area contributed by atoms with Gasteiger partial charge in [-0.05, 0) is 54.4 Å². The number of hydrogen-bond acceptors (Lipinski definition) is 3. The first-order valence-corrected chi connectivity index (χ1v) is 8.30. The maximum absolute atomic E-state index is 13.8. The molecular weight excluding hydrogens is 331 g/mol. The van der Waals surface area contributed by atoms with Gasteiger partial charge < -0.3 is 5.32 Å². The second-order valence-electron chi connectivity index (χ2n) is 6.16. The van der Waals surface area contributed by atoms with Crippen LogP contribution >= 0.6 is 0 Å². The van der Waals surface area contributed by atoms with Gasteiger partial charge >= 0.3 is 0 Å². The molecule has 0 unspecified atom stereocenters. The molecule has 0 saturated carbocycles. The van der Waals surface area contributed by atoms with Crippen LogP contribution in [-0.4, -0.2) is 16.7 Å². The zero-order valence-electron chi connectivity index (χ0n) is 13.8. The van der Waals surface area contributed by atoms with E-state index in [0.717, 1.165) is 11.1 Å². The zero-order chi connectivity index (χ0) is 18.1. The van der Waals surface area contributed by atoms with Crippen LogP contribution in [0.2, 0.25) is 0 Å². The summed E-state index contributed by atoms with van der Waals surface area (Å²) in [5, 5.41) is 2.81. The summed E-state index contributed by atoms with van der Waals surface area (Å²) < 4.78 is 13.8. The number of hydrogen-bond donors (Lipinski definition) is 1. The summed E-state index contributed by atoms with van der Waals surface area (Å²) in [6, 6.07) is 14.9. The van der Waals surface area contributed by atoms with Crippen molar-refractivity contribution in [2.75, 3.05) is 5.32 Å². The van der Waals surface area contributed by atoms with Gasteiger partial charge in [-0.2, -0.15) is 0 Å². The highest BCUT2D eigenvalue weighted by atomic mass is 19.1. The molecular formula is C21H15FN2O2. The number of carbonyl (C=O) groups is 2. The van der Waals surface area contributed by atoms with E-state index in [1.165, 1.54) is 12.3 Å². The van der Waals surface area contributed by atoms with Gasteiger partial charge in [0.2, 0.25) is 0 Å². The Balaban J connectivity index is 1.52. The van der Waals surface area contributed by atoms with E-state index >= 15 is 0 Å². The van der Waals surface area contributed by atoms with Crippen LogP contribution in [0, 0.1) is 5.82 Å². The van der Waals surface area contributed by atoms with Crippen molar-refractivity contribution in [1.29, 1.82) is 0 Å². The first kappa shape index (κ1) is 16.1. The molecule has 0 spiro atoms. The Morgan fingerprint density at radius 1 is 1.00 bits per heavy atom. The molecule has 0 radical (unpaired) electrons. The molecule has 1 heterocycles. The van der Waals surface area contributed by atoms with Gasteiger partial charge in [0.1, 0.15) is 5.82 Å². The van der Waals surface area contributed by atoms with Gasteiger partial charge in [-0.1, -0.05) is 12.1 Å². The molecule has 4 rings (SSSR count). The minimum absolute atomic E-state index is 0.144. The Morgan fingerprint density at radius 2 is 1.85 bits per heavy atom. The van der Waals surface area contributed by atoms with Crippen LogP contribution in [0.4, 0.5) is 10.1 Å². The molecule has 1 aliphatic carbocycles. The maximum atomic E-state index is 13.8. The quantitative estimate of drug-likeness (QED) is 0.770. The molecule has 1 amide bonds. The third-order valence-corrected chi connectivity index (χ3v) is 4.46. The van der Waals surface area contributed by atoms with Crippen LogP contribution in [-0.2, 0) is 6.42 Å². The molecule has 2 aromatic carbocycles. The molecule has 0 atom stereocenters. The molecule has 0 bridgehead atoms. The topological polar surface area (TPSA) is 59.1 Å². The summed E-state index contributed by atoms with van der Waals surface area (Å²) in [5.74, 6) is -0.516. The normalized spacial score (nSPS) is 12.7. The van der Waals surface area contributed by atoms with Gasteiger partial charge in [-0.3, -0.25) is 14.6 Å². The van der Waals surface area contributed by atoms with E-state index in [4.69, 9.17) is 0 Å². The number of Topliss-reactive ketones (excluding diaryl/α,β-unsaturated/α-hetero) is 1. The van der Waals surface area contributed by atoms with E-state index < -0.39 is 0 Å². The van der Waals surface area contributed by atoms with Gasteiger partial charge in [0, 0.05) is 29.4 Å². The van der Waals surface area contributed by atoms with Crippen molar-refractivity contribution in [3.8, 4) is 11.3 Å². The van der Waals surface area contributed by atoms with Crippen LogP contribution in [0.3, 0.4) is 0 Å². The molecule has 1 N–H and O–H groups in total. The van der Waals surface area contributed by atoms with Crippen molar-refractivity contribution < 1.29 is 14.0 Å². The SMILES string of the molecule is O=C(Nc1ccc2c(c1)CCC2=O)c1ccc(-c2ccccc2F)nc1. The van der Waals surface area contributed by atoms with Crippen molar-refractivity contribution >= 4 is 17.4 Å². The summed E-state index contributed by atoms with van der Waals surface area (Å²) in [6.07, 6.45) is 2.65. The fourth-order valence-electron chi connectivity index (χ4n) is 3.09. The average Bonchev–Trinajstić information content (AvgIpc) is 3.03. The number of aryl methyl sites for hydroxylation is 1. The van der Waals surface area contributed by atoms with Gasteiger partial charge in [-0.15, -0.1) is 0 Å². The lowest BCUT2D eigenvalue weighted by molar-refractivity contribution is 0.0992. The standard InChI is InChI=1S/C21H15FN2O2/c22-18-4-2-1-3-17(18)19-9-5-14(12-23-19)21(26)24-15-7-8-16-13(11-15)6-10-20(16)25/h1-5,7-9,11-12H,6,10H2,(H,24,26). The number of carbonyl (C=O) groups excluding carboxylic acids is 2. The number of benzene rings is 2. The Labute approximate surface area is 149 Å². The molecule has 0 saturated heterocycles. The van der Waals surface area contributed by atoms with Crippen LogP contribution in [0.5, 0.6) is 0 Å². The van der Waals surface area contributed by atoms with Gasteiger partial charge in [0.25, 0.3) is 5.91 Å². The van der Waals surface area contributed by atoms with E-state index in [2.05, 4.69) is 10.3 Å². The number of anilines is 1. The number of nitrogens with zero attached hydrogens (tertiary/aromatic N) is 1. The first-order valence-electron chi connectivity index (χ1n) is 8.30. The Morgan fingerprint density at radius 3 is 2.62 bits per heavy atom. The average molecular weight is 346 g/mol. The highest BCUT2D eigenvalue weighted by Gasteiger charge is 2.19. The van der Waals surface area contributed by atoms with Crippen molar-refractivity contribution in [3.63, 3.8) is 0 Å². The lowest BCUT2D eigenvalue weighted by atomic mass is 10.1. The summed E-state index contributed by atoms with van der Waals surface area (Å²) in [7, 11) is 0. The number of amides is 1. The number of ketones is 1. The smallest absolute Gasteiger partial charge is 0.257 e. The van der Waals surface area contributed by atoms with Crippen molar-refractivity contribution in [2.24, 2.45) is 0 Å². The molecule has 26 heavy (non-hydrogen) atoms. The summed E-state index contributed by atoms with van der Waals surface area (Å²) in [4.78, 5) is 28.3. The van der Waals surface area contributed by atoms with Crippen molar-refractivity contribution in [3.05, 3.63) is 83.3 Å². The number of rotatable bonds is 3. The van der Waals surface area contributed by atoms with E-state index in [9.17, 15) is 14.0 Å². The minimum Gasteiger partial charge on any atom is -0.322 e. The monoisotopic (exact) mass is 346 g/mol. The lowest BCUT2D eigenvalue weighted by Gasteiger charge is -2.08. The molecule has 5 heteroatoms. The van der Waals surface area contributed by atoms with E-state index in [1.807, 2.05) is 6.07 Å². The highest BCUT2D eigenvalue weighted by Crippen LogP contribution is 2.25. The second kappa shape index (κ2) is 6.52. The predicted molar refractivity (Wildman–Crippen MR) is 96.7 cm³/mol. The minimum atomic E-state index is -0.357. The van der Waals surface area contributed by atoms with Crippen LogP contribution in [0.15, 0.2) is 60.8 Å². The Bertz CT molecular complexity index is 1010. The number of nitrogens with one attached hydrogen (secondary N) is 1.